The maximum atomic E-state index is 11.1. The van der Waals surface area contributed by atoms with Crippen molar-refractivity contribution in [1.82, 2.24) is 4.57 Å². The van der Waals surface area contributed by atoms with E-state index < -0.39 is 5.97 Å². The molecular formula is C12H9Cl2NO2. The lowest BCUT2D eigenvalue weighted by Crippen LogP contribution is -2.06. The third kappa shape index (κ3) is 2.16. The number of aromatic carboxylic acids is 1. The van der Waals surface area contributed by atoms with Gasteiger partial charge in [0.2, 0.25) is 0 Å². The average molecular weight is 270 g/mol. The number of carbonyl (C=O) groups is 1. The van der Waals surface area contributed by atoms with Crippen LogP contribution in [0.2, 0.25) is 10.0 Å². The van der Waals surface area contributed by atoms with Gasteiger partial charge in [0.25, 0.3) is 0 Å². The van der Waals surface area contributed by atoms with Gasteiger partial charge in [-0.3, -0.25) is 0 Å². The Morgan fingerprint density at radius 2 is 2.06 bits per heavy atom. The van der Waals surface area contributed by atoms with Crippen molar-refractivity contribution in [2.75, 3.05) is 0 Å². The lowest BCUT2D eigenvalue weighted by Gasteiger charge is -2.10. The Balaban J connectivity index is 2.68. The molecule has 0 bridgehead atoms. The Kier molecular flexibility index (Phi) is 3.13. The number of carboxylic acids is 1. The molecular weight excluding hydrogens is 261 g/mol. The van der Waals surface area contributed by atoms with E-state index in [0.717, 1.165) is 5.56 Å². The number of nitrogens with zero attached hydrogens (tertiary/aromatic N) is 1. The maximum absolute atomic E-state index is 11.1. The summed E-state index contributed by atoms with van der Waals surface area (Å²) < 4.78 is 1.52. The van der Waals surface area contributed by atoms with Crippen LogP contribution >= 0.6 is 23.2 Å². The molecule has 0 saturated carbocycles. The van der Waals surface area contributed by atoms with Gasteiger partial charge in [0.15, 0.2) is 0 Å². The molecule has 0 aliphatic heterocycles. The van der Waals surface area contributed by atoms with Gasteiger partial charge < -0.3 is 9.67 Å². The minimum atomic E-state index is -1.03. The molecule has 0 radical (unpaired) electrons. The van der Waals surface area contributed by atoms with Crippen LogP contribution in [0.5, 0.6) is 0 Å². The molecule has 0 unspecified atom stereocenters. The molecule has 1 N–H and O–H groups in total. The predicted molar refractivity (Wildman–Crippen MR) is 67.5 cm³/mol. The second-order valence-corrected chi connectivity index (χ2v) is 4.45. The predicted octanol–water partition coefficient (Wildman–Crippen LogP) is 3.79. The number of rotatable bonds is 2. The molecule has 0 aliphatic carbocycles. The van der Waals surface area contributed by atoms with Gasteiger partial charge in [-0.15, -0.1) is 0 Å². The largest absolute Gasteiger partial charge is 0.477 e. The SMILES string of the molecule is Cc1c(Cl)cccc1-n1cc(Cl)cc1C(=O)O. The Labute approximate surface area is 108 Å². The van der Waals surface area contributed by atoms with Crippen molar-refractivity contribution in [2.45, 2.75) is 6.92 Å². The van der Waals surface area contributed by atoms with Crippen molar-refractivity contribution in [3.05, 3.63) is 51.8 Å². The van der Waals surface area contributed by atoms with E-state index in [1.807, 2.05) is 6.92 Å². The first-order chi connectivity index (χ1) is 8.00. The summed E-state index contributed by atoms with van der Waals surface area (Å²) in [4.78, 5) is 11.1. The maximum Gasteiger partial charge on any atom is 0.352 e. The zero-order valence-electron chi connectivity index (χ0n) is 8.95. The van der Waals surface area contributed by atoms with Crippen LogP contribution in [0.3, 0.4) is 0 Å². The van der Waals surface area contributed by atoms with Crippen molar-refractivity contribution in [3.63, 3.8) is 0 Å². The van der Waals surface area contributed by atoms with E-state index in [-0.39, 0.29) is 5.69 Å². The van der Waals surface area contributed by atoms with Crippen molar-refractivity contribution < 1.29 is 9.90 Å². The third-order valence-corrected chi connectivity index (χ3v) is 3.12. The lowest BCUT2D eigenvalue weighted by molar-refractivity contribution is 0.0688. The molecule has 1 heterocycles. The Morgan fingerprint density at radius 1 is 1.35 bits per heavy atom. The fourth-order valence-corrected chi connectivity index (χ4v) is 2.02. The van der Waals surface area contributed by atoms with Crippen LogP contribution in [-0.4, -0.2) is 15.6 Å². The molecule has 3 nitrogen and oxygen atoms in total. The minimum absolute atomic E-state index is 0.111. The number of halogens is 2. The molecule has 0 aliphatic rings. The summed E-state index contributed by atoms with van der Waals surface area (Å²) in [5.74, 6) is -1.03. The number of carboxylic acid groups (broad SMARTS) is 1. The molecule has 2 aromatic rings. The first kappa shape index (κ1) is 12.0. The van der Waals surface area contributed by atoms with E-state index in [4.69, 9.17) is 28.3 Å². The lowest BCUT2D eigenvalue weighted by atomic mass is 10.2. The number of hydrogen-bond acceptors (Lipinski definition) is 1. The first-order valence-corrected chi connectivity index (χ1v) is 5.63. The van der Waals surface area contributed by atoms with Gasteiger partial charge in [0.1, 0.15) is 5.69 Å². The highest BCUT2D eigenvalue weighted by molar-refractivity contribution is 6.32. The summed E-state index contributed by atoms with van der Waals surface area (Å²) in [6.07, 6.45) is 1.56. The first-order valence-electron chi connectivity index (χ1n) is 4.87. The highest BCUT2D eigenvalue weighted by Crippen LogP contribution is 2.26. The summed E-state index contributed by atoms with van der Waals surface area (Å²) in [6.45, 7) is 1.83. The van der Waals surface area contributed by atoms with Gasteiger partial charge in [-0.1, -0.05) is 29.3 Å². The van der Waals surface area contributed by atoms with Gasteiger partial charge >= 0.3 is 5.97 Å². The van der Waals surface area contributed by atoms with Gasteiger partial charge in [-0.2, -0.15) is 0 Å². The van der Waals surface area contributed by atoms with Crippen molar-refractivity contribution in [3.8, 4) is 5.69 Å². The molecule has 5 heteroatoms. The van der Waals surface area contributed by atoms with Crippen molar-refractivity contribution in [2.24, 2.45) is 0 Å². The van der Waals surface area contributed by atoms with Crippen LogP contribution in [-0.2, 0) is 0 Å². The second-order valence-electron chi connectivity index (χ2n) is 3.60. The molecule has 0 spiro atoms. The third-order valence-electron chi connectivity index (χ3n) is 2.50. The number of aromatic nitrogens is 1. The highest BCUT2D eigenvalue weighted by atomic mass is 35.5. The van der Waals surface area contributed by atoms with Crippen LogP contribution in [0, 0.1) is 6.92 Å². The summed E-state index contributed by atoms with van der Waals surface area (Å²) in [7, 11) is 0. The van der Waals surface area contributed by atoms with Crippen LogP contribution < -0.4 is 0 Å². The highest BCUT2D eigenvalue weighted by Gasteiger charge is 2.15. The number of hydrogen-bond donors (Lipinski definition) is 1. The smallest absolute Gasteiger partial charge is 0.352 e. The summed E-state index contributed by atoms with van der Waals surface area (Å²) in [6, 6.07) is 6.73. The van der Waals surface area contributed by atoms with E-state index >= 15 is 0 Å². The molecule has 1 aromatic carbocycles. The molecule has 0 atom stereocenters. The van der Waals surface area contributed by atoms with Crippen LogP contribution in [0.4, 0.5) is 0 Å². The Morgan fingerprint density at radius 3 is 2.71 bits per heavy atom. The van der Waals surface area contributed by atoms with Crippen LogP contribution in [0.1, 0.15) is 16.1 Å². The zero-order valence-corrected chi connectivity index (χ0v) is 10.5. The van der Waals surface area contributed by atoms with Gasteiger partial charge in [0.05, 0.1) is 10.7 Å². The summed E-state index contributed by atoms with van der Waals surface area (Å²) in [5, 5.41) is 10.1. The average Bonchev–Trinajstić information content (AvgIpc) is 2.64. The van der Waals surface area contributed by atoms with Gasteiger partial charge in [-0.05, 0) is 30.7 Å². The fourth-order valence-electron chi connectivity index (χ4n) is 1.65. The van der Waals surface area contributed by atoms with E-state index in [0.29, 0.717) is 15.7 Å². The van der Waals surface area contributed by atoms with E-state index in [9.17, 15) is 4.79 Å². The second kappa shape index (κ2) is 4.43. The monoisotopic (exact) mass is 269 g/mol. The summed E-state index contributed by atoms with van der Waals surface area (Å²) >= 11 is 11.8. The summed E-state index contributed by atoms with van der Waals surface area (Å²) in [5.41, 5.74) is 1.63. The molecule has 1 aromatic heterocycles. The molecule has 88 valence electrons. The quantitative estimate of drug-likeness (QED) is 0.902. The van der Waals surface area contributed by atoms with Crippen molar-refractivity contribution >= 4 is 29.2 Å². The van der Waals surface area contributed by atoms with Crippen LogP contribution in [0.15, 0.2) is 30.5 Å². The Bertz CT molecular complexity index is 590. The standard InChI is InChI=1S/C12H9Cl2NO2/c1-7-9(14)3-2-4-10(7)15-6-8(13)5-11(15)12(16)17/h2-6H,1H3,(H,16,17). The van der Waals surface area contributed by atoms with Crippen LogP contribution in [0.25, 0.3) is 5.69 Å². The van der Waals surface area contributed by atoms with E-state index in [2.05, 4.69) is 0 Å². The van der Waals surface area contributed by atoms with E-state index in [1.165, 1.54) is 10.6 Å². The molecule has 17 heavy (non-hydrogen) atoms. The zero-order chi connectivity index (χ0) is 12.6. The fraction of sp³-hybridized carbons (Fsp3) is 0.0833. The molecule has 0 saturated heterocycles. The van der Waals surface area contributed by atoms with Gasteiger partial charge in [-0.25, -0.2) is 4.79 Å². The number of benzene rings is 1. The van der Waals surface area contributed by atoms with Crippen molar-refractivity contribution in [1.29, 1.82) is 0 Å². The van der Waals surface area contributed by atoms with E-state index in [1.54, 1.807) is 24.4 Å². The Hall–Kier alpha value is -1.45. The minimum Gasteiger partial charge on any atom is -0.477 e. The molecule has 0 amide bonds. The van der Waals surface area contributed by atoms with Gasteiger partial charge in [0, 0.05) is 11.2 Å². The normalized spacial score (nSPS) is 10.5. The molecule has 0 fully saturated rings. The topological polar surface area (TPSA) is 42.2 Å². The molecule has 2 rings (SSSR count).